The van der Waals surface area contributed by atoms with Gasteiger partial charge in [0.25, 0.3) is 0 Å². The zero-order chi connectivity index (χ0) is 16.3. The number of hydrogen-bond acceptors (Lipinski definition) is 4. The van der Waals surface area contributed by atoms with Gasteiger partial charge in [-0.25, -0.2) is 0 Å². The van der Waals surface area contributed by atoms with Gasteiger partial charge in [0.2, 0.25) is 0 Å². The van der Waals surface area contributed by atoms with Crippen molar-refractivity contribution in [1.82, 2.24) is 9.38 Å². The molecule has 5 nitrogen and oxygen atoms in total. The molecule has 0 bridgehead atoms. The van der Waals surface area contributed by atoms with Gasteiger partial charge in [-0.1, -0.05) is 0 Å². The van der Waals surface area contributed by atoms with E-state index in [0.29, 0.717) is 5.82 Å². The molecule has 2 rings (SSSR count). The van der Waals surface area contributed by atoms with Crippen molar-refractivity contribution < 1.29 is 4.79 Å². The number of pyridine rings is 1. The van der Waals surface area contributed by atoms with Crippen LogP contribution in [-0.4, -0.2) is 42.3 Å². The second kappa shape index (κ2) is 7.19. The monoisotopic (exact) mass is 373 g/mol. The minimum atomic E-state index is -0.497. The van der Waals surface area contributed by atoms with Crippen LogP contribution in [0.2, 0.25) is 0 Å². The van der Waals surface area contributed by atoms with E-state index in [-0.39, 0.29) is 11.2 Å². The van der Waals surface area contributed by atoms with E-state index in [4.69, 9.17) is 21.1 Å². The van der Waals surface area contributed by atoms with Crippen LogP contribution >= 0.6 is 27.7 Å². The predicted octanol–water partition coefficient (Wildman–Crippen LogP) is 1.46. The summed E-state index contributed by atoms with van der Waals surface area (Å²) in [6, 6.07) is 3.73. The quantitative estimate of drug-likeness (QED) is 0.473. The summed E-state index contributed by atoms with van der Waals surface area (Å²) in [5.74, 6) is 1.84. The molecule has 0 aliphatic carbocycles. The predicted molar refractivity (Wildman–Crippen MR) is 96.7 cm³/mol. The van der Waals surface area contributed by atoms with Gasteiger partial charge in [-0.15, -0.1) is 0 Å². The summed E-state index contributed by atoms with van der Waals surface area (Å²) in [6.07, 6.45) is 1.89. The summed E-state index contributed by atoms with van der Waals surface area (Å²) in [5.41, 5.74) is 6.04. The second-order valence-corrected chi connectivity index (χ2v) is 6.43. The molecule has 2 aromatic rings. The van der Waals surface area contributed by atoms with Gasteiger partial charge in [0.05, 0.1) is 0 Å². The van der Waals surface area contributed by atoms with Crippen molar-refractivity contribution in [3.63, 3.8) is 0 Å². The minimum absolute atomic E-state index is 0.0192. The van der Waals surface area contributed by atoms with Crippen molar-refractivity contribution in [3.8, 4) is 0 Å². The van der Waals surface area contributed by atoms with Crippen LogP contribution in [0.15, 0.2) is 39.0 Å². The Balaban J connectivity index is 2.47. The van der Waals surface area contributed by atoms with Crippen molar-refractivity contribution in [1.29, 1.82) is 0 Å². The van der Waals surface area contributed by atoms with Crippen LogP contribution in [0.5, 0.6) is 0 Å². The number of carbonyl (C=O) groups excluding carboxylic acids is 1. The maximum atomic E-state index is 12.2. The Morgan fingerprint density at radius 3 is 2.91 bits per heavy atom. The first kappa shape index (κ1) is 16.9. The van der Waals surface area contributed by atoms with E-state index in [1.807, 2.05) is 29.7 Å². The average molecular weight is 374 g/mol. The van der Waals surface area contributed by atoms with E-state index >= 15 is 0 Å². The number of aromatic nitrogens is 2. The molecule has 2 heterocycles. The average Bonchev–Trinajstić information content (AvgIpc) is 2.77. The van der Waals surface area contributed by atoms with Crippen molar-refractivity contribution in [2.75, 3.05) is 11.1 Å². The van der Waals surface area contributed by atoms with Crippen LogP contribution in [-0.2, 0) is 4.79 Å². The van der Waals surface area contributed by atoms with Crippen molar-refractivity contribution in [2.45, 2.75) is 11.9 Å². The summed E-state index contributed by atoms with van der Waals surface area (Å²) >= 11 is 4.99. The van der Waals surface area contributed by atoms with E-state index < -0.39 is 5.91 Å². The number of nitrogens with two attached hydrogens (primary N) is 1. The molecule has 0 saturated heterocycles. The van der Waals surface area contributed by atoms with E-state index in [9.17, 15) is 4.79 Å². The molecule has 0 saturated carbocycles. The Hall–Kier alpha value is -1.47. The van der Waals surface area contributed by atoms with Crippen LogP contribution in [0.1, 0.15) is 6.92 Å². The van der Waals surface area contributed by atoms with Crippen LogP contribution in [0, 0.1) is 0 Å². The number of nitrogens with zero attached hydrogens (tertiary/aromatic N) is 2. The molecule has 0 aromatic carbocycles. The topological polar surface area (TPSA) is 72.4 Å². The molecule has 2 aromatic heterocycles. The van der Waals surface area contributed by atoms with Crippen LogP contribution in [0.3, 0.4) is 0 Å². The summed E-state index contributed by atoms with van der Waals surface area (Å²) in [6.45, 7) is 2.02. The summed E-state index contributed by atoms with van der Waals surface area (Å²) in [5, 5.41) is 3.52. The molecule has 109 valence electrons. The van der Waals surface area contributed by atoms with Gasteiger partial charge in [0.1, 0.15) is 0 Å². The number of imidazole rings is 1. The van der Waals surface area contributed by atoms with Gasteiger partial charge in [0, 0.05) is 0 Å². The van der Waals surface area contributed by atoms with E-state index in [1.165, 1.54) is 0 Å². The molecule has 0 spiro atoms. The standard InChI is InChI=1S/C13H12B2BrN4OS/c1-2-22-13-11(19-12(21)8(5-14)10(15)17)18-9-4-3-7(16)6-20(9)13/h3-6H,2,17H2,1H3,(H,19,21)/b10-8-. The van der Waals surface area contributed by atoms with Crippen LogP contribution in [0.4, 0.5) is 5.82 Å². The number of halogens is 1. The number of fused-ring (bicyclic) bond motifs is 1. The first-order chi connectivity index (χ1) is 10.5. The Morgan fingerprint density at radius 2 is 2.32 bits per heavy atom. The van der Waals surface area contributed by atoms with Gasteiger partial charge >= 0.3 is 143 Å². The number of nitrogens with one attached hydrogen (secondary N) is 1. The first-order valence-electron chi connectivity index (χ1n) is 6.39. The van der Waals surface area contributed by atoms with Crippen LogP contribution in [0.25, 0.3) is 5.65 Å². The molecule has 3 radical (unpaired) electrons. The Kier molecular flexibility index (Phi) is 5.52. The SMILES string of the molecule is [B]/C(N)=C(\C=[B])C(=O)Nc1nc2ccc(Br)cn2c1SCC. The van der Waals surface area contributed by atoms with Crippen molar-refractivity contribution >= 4 is 66.4 Å². The molecule has 9 heteroatoms. The number of thioether (sulfide) groups is 1. The summed E-state index contributed by atoms with van der Waals surface area (Å²) in [4.78, 5) is 16.6. The fourth-order valence-corrected chi connectivity index (χ4v) is 2.96. The fourth-order valence-electron chi connectivity index (χ4n) is 1.83. The van der Waals surface area contributed by atoms with E-state index in [1.54, 1.807) is 11.8 Å². The molecular weight excluding hydrogens is 362 g/mol. The number of carbonyl (C=O) groups is 1. The molecule has 0 aliphatic rings. The Morgan fingerprint density at radius 1 is 1.59 bits per heavy atom. The van der Waals surface area contributed by atoms with Crippen molar-refractivity contribution in [3.05, 3.63) is 34.0 Å². The number of rotatable bonds is 5. The number of amides is 1. The third kappa shape index (κ3) is 3.47. The molecule has 22 heavy (non-hydrogen) atoms. The second-order valence-electron chi connectivity index (χ2n) is 4.26. The molecule has 3 N–H and O–H groups in total. The first-order valence-corrected chi connectivity index (χ1v) is 8.17. The van der Waals surface area contributed by atoms with E-state index in [2.05, 4.69) is 26.2 Å². The van der Waals surface area contributed by atoms with E-state index in [0.717, 1.165) is 26.9 Å². The molecular formula is C13H12B2BrN4OS. The maximum absolute atomic E-state index is 12.2. The number of anilines is 1. The molecule has 0 fully saturated rings. The third-order valence-electron chi connectivity index (χ3n) is 2.77. The fraction of sp³-hybridized carbons (Fsp3) is 0.154. The zero-order valence-corrected chi connectivity index (χ0v) is 14.2. The third-order valence-corrected chi connectivity index (χ3v) is 4.20. The number of hydrogen-bond donors (Lipinski definition) is 2. The summed E-state index contributed by atoms with van der Waals surface area (Å²) < 4.78 is 2.81. The van der Waals surface area contributed by atoms with Gasteiger partial charge in [-0.2, -0.15) is 0 Å². The zero-order valence-electron chi connectivity index (χ0n) is 11.8. The van der Waals surface area contributed by atoms with Gasteiger partial charge in [-0.3, -0.25) is 0 Å². The normalized spacial score (nSPS) is 12.0. The molecule has 0 aliphatic heterocycles. The van der Waals surface area contributed by atoms with Gasteiger partial charge in [-0.05, 0) is 0 Å². The Bertz CT molecular complexity index is 771. The van der Waals surface area contributed by atoms with Gasteiger partial charge in [0.15, 0.2) is 0 Å². The van der Waals surface area contributed by atoms with Crippen LogP contribution < -0.4 is 11.1 Å². The Labute approximate surface area is 143 Å². The van der Waals surface area contributed by atoms with Gasteiger partial charge < -0.3 is 0 Å². The molecule has 0 atom stereocenters. The summed E-state index contributed by atoms with van der Waals surface area (Å²) in [7, 11) is 10.8. The van der Waals surface area contributed by atoms with Crippen molar-refractivity contribution in [2.24, 2.45) is 5.73 Å². The molecule has 1 amide bonds. The molecule has 0 unspecified atom stereocenters.